The largest absolute Gasteiger partial charge is 0.480 e. The molecule has 0 aliphatic rings. The lowest BCUT2D eigenvalue weighted by Crippen LogP contribution is -2.34. The first kappa shape index (κ1) is 23.2. The predicted octanol–water partition coefficient (Wildman–Crippen LogP) is 4.17. The van der Waals surface area contributed by atoms with Crippen LogP contribution in [0.25, 0.3) is 10.2 Å². The highest BCUT2D eigenvalue weighted by Gasteiger charge is 2.24. The maximum absolute atomic E-state index is 13.0. The van der Waals surface area contributed by atoms with Crippen LogP contribution in [-0.4, -0.2) is 54.5 Å². The lowest BCUT2D eigenvalue weighted by atomic mass is 10.2. The molecule has 3 rings (SSSR count). The number of amides is 2. The minimum Gasteiger partial charge on any atom is -0.480 e. The number of carbonyl (C=O) groups excluding carboxylic acids is 2. The van der Waals surface area contributed by atoms with E-state index in [2.05, 4.69) is 15.3 Å². The number of hydrogen-bond acceptors (Lipinski definition) is 7. The van der Waals surface area contributed by atoms with Gasteiger partial charge in [-0.25, -0.2) is 4.98 Å². The highest BCUT2D eigenvalue weighted by atomic mass is 35.5. The van der Waals surface area contributed by atoms with E-state index in [1.165, 1.54) is 23.3 Å². The van der Waals surface area contributed by atoms with E-state index in [0.29, 0.717) is 48.1 Å². The van der Waals surface area contributed by atoms with Crippen LogP contribution in [0, 0.1) is 6.92 Å². The monoisotopic (exact) mass is 482 g/mol. The van der Waals surface area contributed by atoms with Crippen molar-refractivity contribution in [1.29, 1.82) is 0 Å². The first-order chi connectivity index (χ1) is 14.7. The molecule has 0 unspecified atom stereocenters. The van der Waals surface area contributed by atoms with Crippen molar-refractivity contribution in [2.45, 2.75) is 13.5 Å². The maximum atomic E-state index is 13.0. The van der Waals surface area contributed by atoms with Gasteiger partial charge in [0.1, 0.15) is 11.4 Å². The number of aromatic nitrogens is 2. The average molecular weight is 483 g/mol. The highest BCUT2D eigenvalue weighted by Crippen LogP contribution is 2.35. The number of likely N-dealkylation sites (N-methyl/N-ethyl adjacent to an activating group) is 1. The van der Waals surface area contributed by atoms with Crippen LogP contribution in [0.1, 0.15) is 21.1 Å². The third-order valence-corrected chi connectivity index (χ3v) is 6.31. The molecule has 0 bridgehead atoms. The highest BCUT2D eigenvalue weighted by molar-refractivity contribution is 7.20. The summed E-state index contributed by atoms with van der Waals surface area (Å²) in [5.41, 5.74) is 1.19. The summed E-state index contributed by atoms with van der Waals surface area (Å²) in [7, 11) is 4.61. The minimum atomic E-state index is -0.368. The SMILES string of the molecule is COCc1nc(OC)c2c(C)c(C(=O)N(C)CC(=O)Nc3ccc(Cl)c(Cl)c3)sc2n1. The first-order valence-electron chi connectivity index (χ1n) is 9.08. The number of carbonyl (C=O) groups is 2. The van der Waals surface area contributed by atoms with Crippen LogP contribution in [0.2, 0.25) is 10.0 Å². The van der Waals surface area contributed by atoms with E-state index in [4.69, 9.17) is 32.7 Å². The zero-order chi connectivity index (χ0) is 22.7. The molecule has 2 aromatic heterocycles. The Morgan fingerprint density at radius 1 is 1.19 bits per heavy atom. The van der Waals surface area contributed by atoms with E-state index in [0.717, 1.165) is 0 Å². The van der Waals surface area contributed by atoms with Crippen LogP contribution in [0.4, 0.5) is 5.69 Å². The number of anilines is 1. The summed E-state index contributed by atoms with van der Waals surface area (Å²) in [4.78, 5) is 36.6. The van der Waals surface area contributed by atoms with Crippen LogP contribution in [0.15, 0.2) is 18.2 Å². The van der Waals surface area contributed by atoms with Crippen molar-refractivity contribution in [3.05, 3.63) is 44.5 Å². The van der Waals surface area contributed by atoms with Gasteiger partial charge in [0.15, 0.2) is 5.82 Å². The molecule has 11 heteroatoms. The standard InChI is InChI=1S/C20H20Cl2N4O4S/c1-10-16-18(30-4)24-14(9-29-3)25-19(16)31-17(10)20(28)26(2)8-15(27)23-11-5-6-12(21)13(22)7-11/h5-7H,8-9H2,1-4H3,(H,23,27). The fourth-order valence-corrected chi connectivity index (χ4v) is 4.41. The Morgan fingerprint density at radius 3 is 2.58 bits per heavy atom. The second-order valence-electron chi connectivity index (χ2n) is 6.66. The smallest absolute Gasteiger partial charge is 0.264 e. The maximum Gasteiger partial charge on any atom is 0.264 e. The van der Waals surface area contributed by atoms with E-state index in [1.807, 2.05) is 0 Å². The first-order valence-corrected chi connectivity index (χ1v) is 10.7. The molecule has 1 N–H and O–H groups in total. The number of nitrogens with one attached hydrogen (secondary N) is 1. The predicted molar refractivity (Wildman–Crippen MR) is 121 cm³/mol. The van der Waals surface area contributed by atoms with Gasteiger partial charge in [-0.1, -0.05) is 23.2 Å². The van der Waals surface area contributed by atoms with Crippen molar-refractivity contribution in [2.24, 2.45) is 0 Å². The molecule has 0 saturated heterocycles. The van der Waals surface area contributed by atoms with Gasteiger partial charge in [0.05, 0.1) is 34.0 Å². The molecule has 1 aromatic carbocycles. The number of benzene rings is 1. The molecule has 0 aliphatic heterocycles. The number of hydrogen-bond donors (Lipinski definition) is 1. The Hall–Kier alpha value is -2.46. The molecule has 0 fully saturated rings. The number of aryl methyl sites for hydroxylation is 1. The summed E-state index contributed by atoms with van der Waals surface area (Å²) in [5.74, 6) is 0.166. The van der Waals surface area contributed by atoms with Crippen LogP contribution >= 0.6 is 34.5 Å². The Morgan fingerprint density at radius 2 is 1.94 bits per heavy atom. The number of ether oxygens (including phenoxy) is 2. The Balaban J connectivity index is 1.80. The summed E-state index contributed by atoms with van der Waals surface area (Å²) in [5, 5.41) is 4.09. The van der Waals surface area contributed by atoms with Crippen LogP contribution in [-0.2, 0) is 16.1 Å². The number of thiophene rings is 1. The van der Waals surface area contributed by atoms with E-state index < -0.39 is 0 Å². The van der Waals surface area contributed by atoms with Gasteiger partial charge in [-0.3, -0.25) is 9.59 Å². The van der Waals surface area contributed by atoms with E-state index in [9.17, 15) is 9.59 Å². The topological polar surface area (TPSA) is 93.7 Å². The lowest BCUT2D eigenvalue weighted by molar-refractivity contribution is -0.116. The number of nitrogens with zero attached hydrogens (tertiary/aromatic N) is 3. The third-order valence-electron chi connectivity index (χ3n) is 4.40. The number of rotatable bonds is 7. The zero-order valence-corrected chi connectivity index (χ0v) is 19.6. The number of methoxy groups -OCH3 is 2. The molecule has 0 atom stereocenters. The summed E-state index contributed by atoms with van der Waals surface area (Å²) in [6.45, 7) is 1.88. The summed E-state index contributed by atoms with van der Waals surface area (Å²) in [6.07, 6.45) is 0. The molecule has 8 nitrogen and oxygen atoms in total. The molecule has 2 heterocycles. The fourth-order valence-electron chi connectivity index (χ4n) is 2.92. The van der Waals surface area contributed by atoms with Gasteiger partial charge in [0.2, 0.25) is 11.8 Å². The summed E-state index contributed by atoms with van der Waals surface area (Å²) < 4.78 is 10.5. The van der Waals surface area contributed by atoms with E-state index in [-0.39, 0.29) is 25.0 Å². The Kier molecular flexibility index (Phi) is 7.32. The van der Waals surface area contributed by atoms with Gasteiger partial charge in [0.25, 0.3) is 5.91 Å². The van der Waals surface area contributed by atoms with Crippen molar-refractivity contribution in [3.8, 4) is 5.88 Å². The summed E-state index contributed by atoms with van der Waals surface area (Å²) >= 11 is 13.1. The van der Waals surface area contributed by atoms with Gasteiger partial charge >= 0.3 is 0 Å². The van der Waals surface area contributed by atoms with Gasteiger partial charge < -0.3 is 19.7 Å². The van der Waals surface area contributed by atoms with E-state index >= 15 is 0 Å². The molecule has 31 heavy (non-hydrogen) atoms. The number of fused-ring (bicyclic) bond motifs is 1. The van der Waals surface area contributed by atoms with Crippen LogP contribution < -0.4 is 10.1 Å². The number of halogens is 2. The van der Waals surface area contributed by atoms with Crippen molar-refractivity contribution < 1.29 is 19.1 Å². The van der Waals surface area contributed by atoms with Crippen molar-refractivity contribution in [2.75, 3.05) is 33.1 Å². The molecular weight excluding hydrogens is 463 g/mol. The molecule has 0 spiro atoms. The Labute approximate surface area is 193 Å². The average Bonchev–Trinajstić information content (AvgIpc) is 3.06. The molecule has 0 radical (unpaired) electrons. The van der Waals surface area contributed by atoms with Crippen molar-refractivity contribution >= 4 is 62.3 Å². The van der Waals surface area contributed by atoms with Gasteiger partial charge in [0, 0.05) is 19.8 Å². The van der Waals surface area contributed by atoms with Crippen molar-refractivity contribution in [1.82, 2.24) is 14.9 Å². The second-order valence-corrected chi connectivity index (χ2v) is 8.47. The molecule has 2 amide bonds. The minimum absolute atomic E-state index is 0.148. The lowest BCUT2D eigenvalue weighted by Gasteiger charge is -2.16. The van der Waals surface area contributed by atoms with E-state index in [1.54, 1.807) is 39.3 Å². The molecular formula is C20H20Cl2N4O4S. The van der Waals surface area contributed by atoms with Crippen LogP contribution in [0.5, 0.6) is 5.88 Å². The van der Waals surface area contributed by atoms with Crippen LogP contribution in [0.3, 0.4) is 0 Å². The fraction of sp³-hybridized carbons (Fsp3) is 0.300. The van der Waals surface area contributed by atoms with Gasteiger partial charge in [-0.2, -0.15) is 4.98 Å². The quantitative estimate of drug-likeness (QED) is 0.542. The Bertz CT molecular complexity index is 1150. The molecule has 0 saturated carbocycles. The molecule has 164 valence electrons. The third kappa shape index (κ3) is 5.07. The molecule has 0 aliphatic carbocycles. The summed E-state index contributed by atoms with van der Waals surface area (Å²) in [6, 6.07) is 4.76. The zero-order valence-electron chi connectivity index (χ0n) is 17.3. The van der Waals surface area contributed by atoms with Gasteiger partial charge in [-0.15, -0.1) is 11.3 Å². The second kappa shape index (κ2) is 9.78. The molecule has 3 aromatic rings. The normalized spacial score (nSPS) is 10.9. The van der Waals surface area contributed by atoms with Gasteiger partial charge in [-0.05, 0) is 30.7 Å². The van der Waals surface area contributed by atoms with Crippen molar-refractivity contribution in [3.63, 3.8) is 0 Å².